The summed E-state index contributed by atoms with van der Waals surface area (Å²) in [4.78, 5) is 7.52. The van der Waals surface area contributed by atoms with Crippen LogP contribution in [0.15, 0.2) is 17.2 Å². The van der Waals surface area contributed by atoms with Crippen molar-refractivity contribution in [3.63, 3.8) is 0 Å². The zero-order valence-corrected chi connectivity index (χ0v) is 10.2. The highest BCUT2D eigenvalue weighted by molar-refractivity contribution is 7.98. The maximum Gasteiger partial charge on any atom is 0.175 e. The maximum absolute atomic E-state index is 5.91. The molecule has 0 bridgehead atoms. The maximum atomic E-state index is 5.91. The van der Waals surface area contributed by atoms with Gasteiger partial charge in [0.05, 0.1) is 11.0 Å². The highest BCUT2D eigenvalue weighted by atomic mass is 32.2. The highest BCUT2D eigenvalue weighted by Crippen LogP contribution is 2.38. The molecule has 0 aromatic carbocycles. The van der Waals surface area contributed by atoms with Crippen molar-refractivity contribution >= 4 is 17.6 Å². The molecule has 0 aliphatic heterocycles. The summed E-state index contributed by atoms with van der Waals surface area (Å²) >= 11 is 1.71. The minimum absolute atomic E-state index is 0.416. The van der Waals surface area contributed by atoms with Gasteiger partial charge in [-0.05, 0) is 25.2 Å². The number of aromatic nitrogens is 1. The largest absolute Gasteiger partial charge is 0.485 e. The molecule has 0 unspecified atom stereocenters. The lowest BCUT2D eigenvalue weighted by Gasteiger charge is -2.18. The predicted octanol–water partition coefficient (Wildman–Crippen LogP) is 2.41. The average Bonchev–Trinajstić information content (AvgIpc) is 3.01. The number of pyridine rings is 1. The number of hydrogen-bond acceptors (Lipinski definition) is 4. The Morgan fingerprint density at radius 1 is 1.47 bits per heavy atom. The third kappa shape index (κ3) is 2.37. The second-order valence-corrected chi connectivity index (χ2v) is 4.73. The molecule has 0 saturated heterocycles. The van der Waals surface area contributed by atoms with Gasteiger partial charge in [-0.1, -0.05) is 0 Å². The summed E-state index contributed by atoms with van der Waals surface area (Å²) in [6, 6.07) is 2.01. The number of anilines is 1. The lowest BCUT2D eigenvalue weighted by Crippen LogP contribution is -2.13. The molecule has 1 fully saturated rings. The standard InChI is InChI=1S/C11H16N2OS/c1-13(2)11-10(14-8-4-5-8)9(15-3)6-7-12-11/h6-8H,4-5H2,1-3H3. The van der Waals surface area contributed by atoms with Crippen LogP contribution in [0.2, 0.25) is 0 Å². The van der Waals surface area contributed by atoms with Crippen LogP contribution in [0.1, 0.15) is 12.8 Å². The fraction of sp³-hybridized carbons (Fsp3) is 0.545. The van der Waals surface area contributed by atoms with Crippen LogP contribution in [-0.2, 0) is 0 Å². The van der Waals surface area contributed by atoms with E-state index in [2.05, 4.69) is 11.2 Å². The monoisotopic (exact) mass is 224 g/mol. The van der Waals surface area contributed by atoms with Gasteiger partial charge in [0, 0.05) is 20.3 Å². The zero-order valence-electron chi connectivity index (χ0n) is 9.36. The van der Waals surface area contributed by atoms with Crippen molar-refractivity contribution in [3.8, 4) is 5.75 Å². The molecule has 1 heterocycles. The number of ether oxygens (including phenoxy) is 1. The van der Waals surface area contributed by atoms with Crippen molar-refractivity contribution < 1.29 is 4.74 Å². The third-order valence-electron chi connectivity index (χ3n) is 2.30. The van der Waals surface area contributed by atoms with Crippen LogP contribution >= 0.6 is 11.8 Å². The van der Waals surface area contributed by atoms with Gasteiger partial charge in [-0.15, -0.1) is 11.8 Å². The van der Waals surface area contributed by atoms with Crippen LogP contribution in [-0.4, -0.2) is 31.4 Å². The van der Waals surface area contributed by atoms with Crippen LogP contribution in [0.25, 0.3) is 0 Å². The first-order chi connectivity index (χ1) is 7.22. The Kier molecular flexibility index (Phi) is 3.05. The first-order valence-electron chi connectivity index (χ1n) is 5.09. The molecule has 0 atom stereocenters. The Morgan fingerprint density at radius 3 is 2.73 bits per heavy atom. The van der Waals surface area contributed by atoms with Gasteiger partial charge in [0.1, 0.15) is 0 Å². The minimum atomic E-state index is 0.416. The Morgan fingerprint density at radius 2 is 2.20 bits per heavy atom. The number of hydrogen-bond donors (Lipinski definition) is 0. The summed E-state index contributed by atoms with van der Waals surface area (Å²) in [5.74, 6) is 1.87. The quantitative estimate of drug-likeness (QED) is 0.733. The number of thioether (sulfide) groups is 1. The molecule has 1 aromatic heterocycles. The van der Waals surface area contributed by atoms with Crippen molar-refractivity contribution in [1.29, 1.82) is 0 Å². The Labute approximate surface area is 94.8 Å². The molecule has 0 spiro atoms. The van der Waals surface area contributed by atoms with E-state index in [1.807, 2.05) is 31.3 Å². The van der Waals surface area contributed by atoms with Crippen LogP contribution in [0.5, 0.6) is 5.75 Å². The van der Waals surface area contributed by atoms with Crippen LogP contribution in [0.4, 0.5) is 5.82 Å². The van der Waals surface area contributed by atoms with Crippen molar-refractivity contribution in [2.45, 2.75) is 23.8 Å². The van der Waals surface area contributed by atoms with E-state index in [1.54, 1.807) is 11.8 Å². The number of rotatable bonds is 4. The van der Waals surface area contributed by atoms with E-state index in [0.29, 0.717) is 6.10 Å². The summed E-state index contributed by atoms with van der Waals surface area (Å²) in [6.07, 6.45) is 6.67. The lowest BCUT2D eigenvalue weighted by molar-refractivity contribution is 0.295. The zero-order chi connectivity index (χ0) is 10.8. The molecule has 0 N–H and O–H groups in total. The Balaban J connectivity index is 2.34. The van der Waals surface area contributed by atoms with Crippen molar-refractivity contribution in [1.82, 2.24) is 4.98 Å². The first kappa shape index (κ1) is 10.6. The van der Waals surface area contributed by atoms with E-state index in [9.17, 15) is 0 Å². The minimum Gasteiger partial charge on any atom is -0.485 e. The fourth-order valence-corrected chi connectivity index (χ4v) is 1.88. The molecule has 0 amide bonds. The van der Waals surface area contributed by atoms with Gasteiger partial charge in [-0.25, -0.2) is 4.98 Å². The van der Waals surface area contributed by atoms with Gasteiger partial charge in [0.2, 0.25) is 0 Å². The molecule has 4 heteroatoms. The van der Waals surface area contributed by atoms with Gasteiger partial charge in [0.25, 0.3) is 0 Å². The molecular weight excluding hydrogens is 208 g/mol. The van der Waals surface area contributed by atoms with Gasteiger partial charge in [0.15, 0.2) is 11.6 Å². The van der Waals surface area contributed by atoms with E-state index < -0.39 is 0 Å². The average molecular weight is 224 g/mol. The van der Waals surface area contributed by atoms with Crippen molar-refractivity contribution in [3.05, 3.63) is 12.3 Å². The van der Waals surface area contributed by atoms with Gasteiger partial charge >= 0.3 is 0 Å². The second kappa shape index (κ2) is 4.31. The van der Waals surface area contributed by atoms with E-state index in [4.69, 9.17) is 4.74 Å². The van der Waals surface area contributed by atoms with Crippen LogP contribution in [0.3, 0.4) is 0 Å². The van der Waals surface area contributed by atoms with Crippen LogP contribution in [0, 0.1) is 0 Å². The summed E-state index contributed by atoms with van der Waals surface area (Å²) in [7, 11) is 3.98. The molecule has 1 aliphatic rings. The van der Waals surface area contributed by atoms with Crippen LogP contribution < -0.4 is 9.64 Å². The summed E-state index contributed by atoms with van der Waals surface area (Å²) in [5.41, 5.74) is 0. The summed E-state index contributed by atoms with van der Waals surface area (Å²) in [5, 5.41) is 0. The van der Waals surface area contributed by atoms with Gasteiger partial charge < -0.3 is 9.64 Å². The number of nitrogens with zero attached hydrogens (tertiary/aromatic N) is 2. The van der Waals surface area contributed by atoms with Gasteiger partial charge in [-0.2, -0.15) is 0 Å². The molecule has 3 nitrogen and oxygen atoms in total. The topological polar surface area (TPSA) is 25.4 Å². The van der Waals surface area contributed by atoms with E-state index in [-0.39, 0.29) is 0 Å². The normalized spacial score (nSPS) is 15.1. The molecule has 1 aromatic rings. The molecule has 82 valence electrons. The fourth-order valence-electron chi connectivity index (χ4n) is 1.36. The van der Waals surface area contributed by atoms with E-state index in [1.165, 1.54) is 17.7 Å². The molecule has 0 radical (unpaired) electrons. The second-order valence-electron chi connectivity index (χ2n) is 3.88. The Hall–Kier alpha value is -0.900. The summed E-state index contributed by atoms with van der Waals surface area (Å²) in [6.45, 7) is 0. The molecule has 1 saturated carbocycles. The first-order valence-corrected chi connectivity index (χ1v) is 6.32. The Bertz CT molecular complexity index is 350. The van der Waals surface area contributed by atoms with E-state index >= 15 is 0 Å². The SMILES string of the molecule is CSc1ccnc(N(C)C)c1OC1CC1. The molecular formula is C11H16N2OS. The predicted molar refractivity (Wildman–Crippen MR) is 64.0 cm³/mol. The molecule has 15 heavy (non-hydrogen) atoms. The van der Waals surface area contributed by atoms with Gasteiger partial charge in [-0.3, -0.25) is 0 Å². The highest BCUT2D eigenvalue weighted by Gasteiger charge is 2.26. The smallest absolute Gasteiger partial charge is 0.175 e. The van der Waals surface area contributed by atoms with E-state index in [0.717, 1.165) is 11.6 Å². The molecule has 2 rings (SSSR count). The lowest BCUT2D eigenvalue weighted by atomic mass is 10.4. The third-order valence-corrected chi connectivity index (χ3v) is 3.06. The molecule has 1 aliphatic carbocycles. The van der Waals surface area contributed by atoms with Crippen molar-refractivity contribution in [2.75, 3.05) is 25.3 Å². The van der Waals surface area contributed by atoms with Crippen molar-refractivity contribution in [2.24, 2.45) is 0 Å². The summed E-state index contributed by atoms with van der Waals surface area (Å²) < 4.78 is 5.91.